The minimum Gasteiger partial charge on any atom is -0.496 e. The number of hydrogen-bond donors (Lipinski definition) is 1. The molecule has 3 aromatic rings. The highest BCUT2D eigenvalue weighted by molar-refractivity contribution is 7.99. The molecule has 0 radical (unpaired) electrons. The SMILES string of the molecule is COc1ccc(F)cc1C1CC1CNCCCSc1nnc(-c2ccccc2)n1C. The summed E-state index contributed by atoms with van der Waals surface area (Å²) in [7, 11) is 3.65. The lowest BCUT2D eigenvalue weighted by atomic mass is 10.1. The van der Waals surface area contributed by atoms with Crippen molar-refractivity contribution in [3.05, 3.63) is 59.9 Å². The molecule has 1 heterocycles. The number of benzene rings is 2. The molecule has 1 aliphatic carbocycles. The second kappa shape index (κ2) is 9.62. The summed E-state index contributed by atoms with van der Waals surface area (Å²) in [6, 6.07) is 14.9. The van der Waals surface area contributed by atoms with Crippen molar-refractivity contribution in [2.45, 2.75) is 23.9 Å². The zero-order valence-electron chi connectivity index (χ0n) is 17.3. The van der Waals surface area contributed by atoms with Crippen molar-refractivity contribution in [1.82, 2.24) is 20.1 Å². The van der Waals surface area contributed by atoms with Gasteiger partial charge in [-0.2, -0.15) is 0 Å². The van der Waals surface area contributed by atoms with Crippen LogP contribution in [0.1, 0.15) is 24.3 Å². The number of nitrogens with zero attached hydrogens (tertiary/aromatic N) is 3. The van der Waals surface area contributed by atoms with Crippen LogP contribution in [0.25, 0.3) is 11.4 Å². The molecule has 0 spiro atoms. The fourth-order valence-corrected chi connectivity index (χ4v) is 4.63. The maximum absolute atomic E-state index is 13.6. The van der Waals surface area contributed by atoms with Crippen LogP contribution in [0.5, 0.6) is 5.75 Å². The number of thioether (sulfide) groups is 1. The van der Waals surface area contributed by atoms with Gasteiger partial charge in [0, 0.05) is 23.9 Å². The molecule has 2 unspecified atom stereocenters. The smallest absolute Gasteiger partial charge is 0.191 e. The molecule has 1 fully saturated rings. The van der Waals surface area contributed by atoms with Gasteiger partial charge in [-0.1, -0.05) is 42.1 Å². The van der Waals surface area contributed by atoms with Gasteiger partial charge in [0.25, 0.3) is 0 Å². The van der Waals surface area contributed by atoms with Crippen molar-refractivity contribution in [3.8, 4) is 17.1 Å². The van der Waals surface area contributed by atoms with Gasteiger partial charge in [-0.3, -0.25) is 0 Å². The van der Waals surface area contributed by atoms with Gasteiger partial charge in [0.05, 0.1) is 7.11 Å². The first-order valence-electron chi connectivity index (χ1n) is 10.3. The first kappa shape index (κ1) is 20.9. The molecule has 4 rings (SSSR count). The number of halogens is 1. The number of ether oxygens (including phenoxy) is 1. The number of methoxy groups -OCH3 is 1. The normalized spacial score (nSPS) is 17.8. The summed E-state index contributed by atoms with van der Waals surface area (Å²) in [6.45, 7) is 1.91. The predicted octanol–water partition coefficient (Wildman–Crippen LogP) is 4.51. The Labute approximate surface area is 181 Å². The van der Waals surface area contributed by atoms with E-state index in [1.54, 1.807) is 31.0 Å². The highest BCUT2D eigenvalue weighted by Crippen LogP contribution is 2.50. The van der Waals surface area contributed by atoms with E-state index in [1.807, 2.05) is 37.4 Å². The summed E-state index contributed by atoms with van der Waals surface area (Å²) in [6.07, 6.45) is 2.14. The summed E-state index contributed by atoms with van der Waals surface area (Å²) in [4.78, 5) is 0. The highest BCUT2D eigenvalue weighted by atomic mass is 32.2. The third-order valence-electron chi connectivity index (χ3n) is 5.52. The van der Waals surface area contributed by atoms with E-state index in [-0.39, 0.29) is 5.82 Å². The second-order valence-corrected chi connectivity index (χ2v) is 8.69. The Morgan fingerprint density at radius 2 is 2.03 bits per heavy atom. The van der Waals surface area contributed by atoms with Crippen molar-refractivity contribution >= 4 is 11.8 Å². The fraction of sp³-hybridized carbons (Fsp3) is 0.391. The summed E-state index contributed by atoms with van der Waals surface area (Å²) in [5.41, 5.74) is 2.08. The van der Waals surface area contributed by atoms with Crippen LogP contribution in [-0.2, 0) is 7.05 Å². The Hall–Kier alpha value is -2.38. The average Bonchev–Trinajstić information content (AvgIpc) is 3.45. The van der Waals surface area contributed by atoms with Crippen molar-refractivity contribution < 1.29 is 9.13 Å². The average molecular weight is 427 g/mol. The van der Waals surface area contributed by atoms with E-state index in [9.17, 15) is 4.39 Å². The molecule has 1 N–H and O–H groups in total. The van der Waals surface area contributed by atoms with E-state index >= 15 is 0 Å². The first-order valence-corrected chi connectivity index (χ1v) is 11.3. The number of rotatable bonds is 10. The predicted molar refractivity (Wildman–Crippen MR) is 118 cm³/mol. The molecule has 7 heteroatoms. The van der Waals surface area contributed by atoms with Gasteiger partial charge < -0.3 is 14.6 Å². The zero-order valence-corrected chi connectivity index (χ0v) is 18.2. The Bertz CT molecular complexity index is 979. The fourth-order valence-electron chi connectivity index (χ4n) is 3.78. The van der Waals surface area contributed by atoms with Crippen molar-refractivity contribution in [2.75, 3.05) is 26.0 Å². The summed E-state index contributed by atoms with van der Waals surface area (Å²) in [5, 5.41) is 13.1. The summed E-state index contributed by atoms with van der Waals surface area (Å²) < 4.78 is 21.0. The molecule has 158 valence electrons. The molecule has 2 atom stereocenters. The number of aromatic nitrogens is 3. The maximum Gasteiger partial charge on any atom is 0.191 e. The Kier molecular flexibility index (Phi) is 6.69. The van der Waals surface area contributed by atoms with Crippen LogP contribution in [0, 0.1) is 11.7 Å². The van der Waals surface area contributed by atoms with Crippen molar-refractivity contribution in [3.63, 3.8) is 0 Å². The lowest BCUT2D eigenvalue weighted by molar-refractivity contribution is 0.407. The highest BCUT2D eigenvalue weighted by Gasteiger charge is 2.39. The first-order chi connectivity index (χ1) is 14.7. The molecule has 5 nitrogen and oxygen atoms in total. The van der Waals surface area contributed by atoms with Crippen molar-refractivity contribution in [2.24, 2.45) is 13.0 Å². The molecule has 0 saturated heterocycles. The third-order valence-corrected chi connectivity index (χ3v) is 6.62. The minimum absolute atomic E-state index is 0.194. The molecule has 30 heavy (non-hydrogen) atoms. The van der Waals surface area contributed by atoms with E-state index in [0.717, 1.165) is 59.5 Å². The van der Waals surface area contributed by atoms with Gasteiger partial charge >= 0.3 is 0 Å². The maximum atomic E-state index is 13.6. The zero-order chi connectivity index (χ0) is 20.9. The number of hydrogen-bond acceptors (Lipinski definition) is 5. The minimum atomic E-state index is -0.194. The van der Waals surface area contributed by atoms with Crippen LogP contribution >= 0.6 is 11.8 Å². The van der Waals surface area contributed by atoms with Gasteiger partial charge in [-0.25, -0.2) is 4.39 Å². The molecular weight excluding hydrogens is 399 g/mol. The van der Waals surface area contributed by atoms with Crippen LogP contribution in [-0.4, -0.2) is 40.7 Å². The van der Waals surface area contributed by atoms with E-state index in [2.05, 4.69) is 20.1 Å². The van der Waals surface area contributed by atoms with Gasteiger partial charge in [0.1, 0.15) is 11.6 Å². The monoisotopic (exact) mass is 426 g/mol. The largest absolute Gasteiger partial charge is 0.496 e. The van der Waals surface area contributed by atoms with Crippen LogP contribution in [0.4, 0.5) is 4.39 Å². The van der Waals surface area contributed by atoms with E-state index in [4.69, 9.17) is 4.74 Å². The van der Waals surface area contributed by atoms with Crippen LogP contribution in [0.3, 0.4) is 0 Å². The quantitative estimate of drug-likeness (QED) is 0.382. The lowest BCUT2D eigenvalue weighted by Crippen LogP contribution is -2.19. The lowest BCUT2D eigenvalue weighted by Gasteiger charge is -2.09. The Morgan fingerprint density at radius 1 is 1.20 bits per heavy atom. The van der Waals surface area contributed by atoms with E-state index in [1.165, 1.54) is 6.07 Å². The molecule has 2 aromatic carbocycles. The van der Waals surface area contributed by atoms with Crippen LogP contribution < -0.4 is 10.1 Å². The topological polar surface area (TPSA) is 52.0 Å². The summed E-state index contributed by atoms with van der Waals surface area (Å²) >= 11 is 1.73. The Balaban J connectivity index is 1.17. The van der Waals surface area contributed by atoms with E-state index in [0.29, 0.717) is 11.8 Å². The van der Waals surface area contributed by atoms with E-state index < -0.39 is 0 Å². The number of nitrogens with one attached hydrogen (secondary N) is 1. The van der Waals surface area contributed by atoms with Crippen LogP contribution in [0.15, 0.2) is 53.7 Å². The van der Waals surface area contributed by atoms with Gasteiger partial charge in [-0.05, 0) is 56.0 Å². The van der Waals surface area contributed by atoms with Gasteiger partial charge in [0.2, 0.25) is 0 Å². The van der Waals surface area contributed by atoms with Gasteiger partial charge in [-0.15, -0.1) is 10.2 Å². The third kappa shape index (κ3) is 4.84. The molecule has 1 saturated carbocycles. The molecule has 1 aliphatic rings. The molecule has 0 amide bonds. The second-order valence-electron chi connectivity index (χ2n) is 7.63. The molecule has 1 aromatic heterocycles. The van der Waals surface area contributed by atoms with Crippen LogP contribution in [0.2, 0.25) is 0 Å². The molecule has 0 bridgehead atoms. The summed E-state index contributed by atoms with van der Waals surface area (Å²) in [5.74, 6) is 3.43. The van der Waals surface area contributed by atoms with Gasteiger partial charge in [0.15, 0.2) is 11.0 Å². The molecular formula is C23H27FN4OS. The standard InChI is InChI=1S/C23H27FN4OS/c1-28-22(16-7-4-3-5-8-16)26-27-23(28)30-12-6-11-25-15-17-13-19(17)20-14-18(24)9-10-21(20)29-2/h3-5,7-10,14,17,19,25H,6,11-13,15H2,1-2H3. The Morgan fingerprint density at radius 3 is 2.83 bits per heavy atom. The van der Waals surface area contributed by atoms with Crippen molar-refractivity contribution in [1.29, 1.82) is 0 Å². The molecule has 0 aliphatic heterocycles.